The zero-order valence-electron chi connectivity index (χ0n) is 17.4. The Morgan fingerprint density at radius 3 is 2.53 bits per heavy atom. The molecule has 0 radical (unpaired) electrons. The van der Waals surface area contributed by atoms with Crippen molar-refractivity contribution in [1.29, 1.82) is 0 Å². The fourth-order valence-corrected chi connectivity index (χ4v) is 4.29. The quantitative estimate of drug-likeness (QED) is 0.615. The molecule has 2 aromatic carbocycles. The van der Waals surface area contributed by atoms with Gasteiger partial charge < -0.3 is 9.73 Å². The highest BCUT2D eigenvalue weighted by molar-refractivity contribution is 5.96. The first-order valence-electron chi connectivity index (χ1n) is 10.7. The Morgan fingerprint density at radius 1 is 1.03 bits per heavy atom. The molecule has 1 saturated carbocycles. The molecule has 1 aliphatic carbocycles. The monoisotopic (exact) mass is 404 g/mol. The summed E-state index contributed by atoms with van der Waals surface area (Å²) >= 11 is 0. The van der Waals surface area contributed by atoms with Gasteiger partial charge in [-0.3, -0.25) is 9.69 Å². The van der Waals surface area contributed by atoms with Gasteiger partial charge in [-0.2, -0.15) is 0 Å². The summed E-state index contributed by atoms with van der Waals surface area (Å²) in [6.45, 7) is 1.23. The Labute approximate surface area is 176 Å². The molecule has 156 valence electrons. The number of carbonyl (C=O) groups excluding carboxylic acids is 1. The fourth-order valence-electron chi connectivity index (χ4n) is 4.29. The minimum Gasteiger partial charge on any atom is -0.422 e. The van der Waals surface area contributed by atoms with E-state index in [0.29, 0.717) is 18.2 Å². The number of nitrogens with zero attached hydrogens (tertiary/aromatic N) is 1. The zero-order valence-corrected chi connectivity index (χ0v) is 17.4. The number of nitrogens with one attached hydrogen (secondary N) is 1. The molecule has 0 unspecified atom stereocenters. The molecule has 1 heterocycles. The summed E-state index contributed by atoms with van der Waals surface area (Å²) in [5.41, 5.74) is 2.17. The minimum absolute atomic E-state index is 0.0329. The van der Waals surface area contributed by atoms with Crippen molar-refractivity contribution < 1.29 is 9.21 Å². The van der Waals surface area contributed by atoms with Crippen molar-refractivity contribution in [2.24, 2.45) is 0 Å². The van der Waals surface area contributed by atoms with Gasteiger partial charge in [0.1, 0.15) is 11.1 Å². The normalized spacial score (nSPS) is 14.9. The second kappa shape index (κ2) is 9.26. The van der Waals surface area contributed by atoms with Gasteiger partial charge in [0.05, 0.1) is 0 Å². The van der Waals surface area contributed by atoms with Crippen molar-refractivity contribution in [3.8, 4) is 0 Å². The molecule has 3 aromatic rings. The van der Waals surface area contributed by atoms with E-state index in [2.05, 4.69) is 23.3 Å². The number of para-hydroxylation sites is 1. The Balaban J connectivity index is 1.45. The van der Waals surface area contributed by atoms with Gasteiger partial charge in [0, 0.05) is 24.5 Å². The van der Waals surface area contributed by atoms with Gasteiger partial charge in [-0.1, -0.05) is 61.7 Å². The zero-order chi connectivity index (χ0) is 20.9. The Hall–Kier alpha value is -2.92. The number of rotatable bonds is 6. The predicted octanol–water partition coefficient (Wildman–Crippen LogP) is 4.49. The van der Waals surface area contributed by atoms with Crippen molar-refractivity contribution in [3.05, 3.63) is 81.7 Å². The number of benzene rings is 2. The van der Waals surface area contributed by atoms with Gasteiger partial charge in [0.2, 0.25) is 0 Å². The molecule has 0 aliphatic heterocycles. The van der Waals surface area contributed by atoms with Gasteiger partial charge >= 0.3 is 5.63 Å². The summed E-state index contributed by atoms with van der Waals surface area (Å²) in [5.74, 6) is -0.412. The highest BCUT2D eigenvalue weighted by Crippen LogP contribution is 2.23. The van der Waals surface area contributed by atoms with E-state index in [-0.39, 0.29) is 5.56 Å². The molecule has 30 heavy (non-hydrogen) atoms. The van der Waals surface area contributed by atoms with E-state index in [1.165, 1.54) is 37.7 Å². The van der Waals surface area contributed by atoms with Crippen molar-refractivity contribution >= 4 is 16.9 Å². The Morgan fingerprint density at radius 2 is 1.73 bits per heavy atom. The lowest BCUT2D eigenvalue weighted by Gasteiger charge is -2.31. The van der Waals surface area contributed by atoms with Crippen LogP contribution in [0.3, 0.4) is 0 Å². The first kappa shape index (κ1) is 20.4. The fraction of sp³-hybridized carbons (Fsp3) is 0.360. The number of hydrogen-bond donors (Lipinski definition) is 1. The average Bonchev–Trinajstić information content (AvgIpc) is 2.78. The van der Waals surface area contributed by atoms with Gasteiger partial charge in [-0.25, -0.2) is 4.79 Å². The lowest BCUT2D eigenvalue weighted by atomic mass is 9.94. The third-order valence-corrected chi connectivity index (χ3v) is 6.06. The second-order valence-corrected chi connectivity index (χ2v) is 8.14. The van der Waals surface area contributed by atoms with Crippen LogP contribution in [0.2, 0.25) is 0 Å². The summed E-state index contributed by atoms with van der Waals surface area (Å²) < 4.78 is 5.29. The summed E-state index contributed by atoms with van der Waals surface area (Å²) in [7, 11) is 2.19. The van der Waals surface area contributed by atoms with Crippen molar-refractivity contribution in [2.75, 3.05) is 7.05 Å². The molecule has 0 saturated heterocycles. The van der Waals surface area contributed by atoms with E-state index in [1.807, 2.05) is 30.3 Å². The second-order valence-electron chi connectivity index (χ2n) is 8.14. The van der Waals surface area contributed by atoms with Crippen LogP contribution in [0.5, 0.6) is 0 Å². The summed E-state index contributed by atoms with van der Waals surface area (Å²) in [6.07, 6.45) is 6.47. The third kappa shape index (κ3) is 4.62. The topological polar surface area (TPSA) is 62.6 Å². The van der Waals surface area contributed by atoms with E-state index in [9.17, 15) is 9.59 Å². The molecule has 1 amide bonds. The van der Waals surface area contributed by atoms with E-state index in [1.54, 1.807) is 18.2 Å². The molecule has 1 aromatic heterocycles. The molecule has 0 atom stereocenters. The van der Waals surface area contributed by atoms with E-state index in [0.717, 1.165) is 17.5 Å². The van der Waals surface area contributed by atoms with Crippen LogP contribution in [-0.4, -0.2) is 23.9 Å². The summed E-state index contributed by atoms with van der Waals surface area (Å²) in [5, 5.41) is 3.63. The van der Waals surface area contributed by atoms with Crippen LogP contribution >= 0.6 is 0 Å². The molecular formula is C25H28N2O3. The smallest absolute Gasteiger partial charge is 0.349 e. The lowest BCUT2D eigenvalue weighted by molar-refractivity contribution is 0.0947. The largest absolute Gasteiger partial charge is 0.422 e. The third-order valence-electron chi connectivity index (χ3n) is 6.06. The van der Waals surface area contributed by atoms with Gasteiger partial charge in [-0.15, -0.1) is 0 Å². The van der Waals surface area contributed by atoms with E-state index >= 15 is 0 Å². The average molecular weight is 405 g/mol. The van der Waals surface area contributed by atoms with Crippen molar-refractivity contribution in [3.63, 3.8) is 0 Å². The van der Waals surface area contributed by atoms with Crippen LogP contribution in [0.1, 0.15) is 53.6 Å². The van der Waals surface area contributed by atoms with Crippen LogP contribution in [0, 0.1) is 0 Å². The van der Waals surface area contributed by atoms with Gasteiger partial charge in [0.25, 0.3) is 5.91 Å². The molecule has 1 N–H and O–H groups in total. The highest BCUT2D eigenvalue weighted by atomic mass is 16.4. The van der Waals surface area contributed by atoms with Crippen LogP contribution in [0.15, 0.2) is 63.8 Å². The number of carbonyl (C=O) groups is 1. The van der Waals surface area contributed by atoms with Crippen LogP contribution in [0.25, 0.3) is 11.0 Å². The molecule has 0 spiro atoms. The Bertz CT molecular complexity index is 1080. The van der Waals surface area contributed by atoms with Crippen LogP contribution in [-0.2, 0) is 13.1 Å². The number of fused-ring (bicyclic) bond motifs is 1. The predicted molar refractivity (Wildman–Crippen MR) is 118 cm³/mol. The SMILES string of the molecule is CN(Cc1ccccc1CNC(=O)c1cc2ccccc2oc1=O)C1CCCCC1. The molecule has 0 bridgehead atoms. The minimum atomic E-state index is -0.614. The van der Waals surface area contributed by atoms with E-state index in [4.69, 9.17) is 4.42 Å². The maximum absolute atomic E-state index is 12.7. The Kier molecular flexibility index (Phi) is 6.29. The van der Waals surface area contributed by atoms with Crippen LogP contribution < -0.4 is 10.9 Å². The number of hydrogen-bond acceptors (Lipinski definition) is 4. The first-order chi connectivity index (χ1) is 14.6. The van der Waals surface area contributed by atoms with Gasteiger partial charge in [0.15, 0.2) is 0 Å². The maximum Gasteiger partial charge on any atom is 0.349 e. The molecule has 5 nitrogen and oxygen atoms in total. The molecule has 1 fully saturated rings. The maximum atomic E-state index is 12.7. The number of amides is 1. The molecule has 5 heteroatoms. The molecule has 1 aliphatic rings. The molecular weight excluding hydrogens is 376 g/mol. The summed E-state index contributed by atoms with van der Waals surface area (Å²) in [4.78, 5) is 27.3. The van der Waals surface area contributed by atoms with Crippen LogP contribution in [0.4, 0.5) is 0 Å². The first-order valence-corrected chi connectivity index (χ1v) is 10.7. The van der Waals surface area contributed by atoms with Gasteiger partial charge in [-0.05, 0) is 43.1 Å². The highest BCUT2D eigenvalue weighted by Gasteiger charge is 2.19. The van der Waals surface area contributed by atoms with Crippen molar-refractivity contribution in [1.82, 2.24) is 10.2 Å². The lowest BCUT2D eigenvalue weighted by Crippen LogP contribution is -2.33. The summed E-state index contributed by atoms with van der Waals surface area (Å²) in [6, 6.07) is 17.6. The van der Waals surface area contributed by atoms with Crippen molar-refractivity contribution in [2.45, 2.75) is 51.2 Å². The standard InChI is InChI=1S/C25H28N2O3/c1-27(21-12-3-2-4-13-21)17-20-11-6-5-10-19(20)16-26-24(28)22-15-18-9-7-8-14-23(18)30-25(22)29/h5-11,14-15,21H,2-4,12-13,16-17H2,1H3,(H,26,28). The molecule has 4 rings (SSSR count). The van der Waals surface area contributed by atoms with E-state index < -0.39 is 11.5 Å².